The number of pyridine rings is 1. The third kappa shape index (κ3) is 6.35. The lowest BCUT2D eigenvalue weighted by Crippen LogP contribution is -2.22. The number of rotatable bonds is 9. The van der Waals surface area contributed by atoms with Gasteiger partial charge in [0.1, 0.15) is 22.6 Å². The minimum absolute atomic E-state index is 0.225. The normalized spacial score (nSPS) is 11.6. The predicted octanol–water partition coefficient (Wildman–Crippen LogP) is 7.73. The fourth-order valence-corrected chi connectivity index (χ4v) is 6.05. The minimum atomic E-state index is -0.544. The fraction of sp³-hybridized carbons (Fsp3) is 0.188. The summed E-state index contributed by atoms with van der Waals surface area (Å²) < 4.78 is 11.8. The molecule has 3 aromatic carbocycles. The van der Waals surface area contributed by atoms with Crippen LogP contribution in [-0.4, -0.2) is 34.8 Å². The molecule has 0 saturated carbocycles. The van der Waals surface area contributed by atoms with Gasteiger partial charge in [0.25, 0.3) is 0 Å². The fourth-order valence-electron chi connectivity index (χ4n) is 4.23. The van der Waals surface area contributed by atoms with E-state index < -0.39 is 5.25 Å². The number of hydrogen-bond donors (Lipinski definition) is 1. The first-order chi connectivity index (χ1) is 19.9. The number of amides is 1. The maximum atomic E-state index is 13.3. The topological polar surface area (TPSA) is 97.1 Å². The van der Waals surface area contributed by atoms with E-state index in [-0.39, 0.29) is 5.91 Å². The van der Waals surface area contributed by atoms with Gasteiger partial charge in [-0.2, -0.15) is 5.26 Å². The molecule has 7 nitrogen and oxygen atoms in total. The van der Waals surface area contributed by atoms with E-state index in [0.29, 0.717) is 28.0 Å². The summed E-state index contributed by atoms with van der Waals surface area (Å²) in [6.07, 6.45) is 0. The lowest BCUT2D eigenvalue weighted by Gasteiger charge is -2.15. The van der Waals surface area contributed by atoms with Crippen molar-refractivity contribution in [1.82, 2.24) is 9.97 Å². The van der Waals surface area contributed by atoms with Gasteiger partial charge in [0.2, 0.25) is 5.91 Å². The molecule has 206 valence electrons. The second kappa shape index (κ2) is 12.4. The van der Waals surface area contributed by atoms with Gasteiger partial charge < -0.3 is 14.8 Å². The third-order valence-corrected chi connectivity index (χ3v) is 8.42. The SMILES string of the molecule is CCOc1ccc2nc(NC(=O)C(C)Sc3nc(-c4ccc(OC)cc4)cc(-c4ccc(C)cc4)c3C#N)sc2c1. The van der Waals surface area contributed by atoms with Crippen LogP contribution in [0, 0.1) is 18.3 Å². The van der Waals surface area contributed by atoms with Crippen LogP contribution in [0.5, 0.6) is 11.5 Å². The summed E-state index contributed by atoms with van der Waals surface area (Å²) >= 11 is 2.64. The molecule has 41 heavy (non-hydrogen) atoms. The maximum Gasteiger partial charge on any atom is 0.239 e. The van der Waals surface area contributed by atoms with E-state index in [2.05, 4.69) is 16.4 Å². The molecule has 0 spiro atoms. The van der Waals surface area contributed by atoms with Crippen molar-refractivity contribution < 1.29 is 14.3 Å². The van der Waals surface area contributed by atoms with Crippen molar-refractivity contribution in [2.24, 2.45) is 0 Å². The van der Waals surface area contributed by atoms with Gasteiger partial charge in [-0.05, 0) is 74.9 Å². The molecule has 0 fully saturated rings. The van der Waals surface area contributed by atoms with Crippen molar-refractivity contribution in [2.45, 2.75) is 31.0 Å². The number of hydrogen-bond acceptors (Lipinski definition) is 8. The predicted molar refractivity (Wildman–Crippen MR) is 166 cm³/mol. The van der Waals surface area contributed by atoms with Crippen molar-refractivity contribution in [3.63, 3.8) is 0 Å². The van der Waals surface area contributed by atoms with Crippen LogP contribution in [0.25, 0.3) is 32.6 Å². The first kappa shape index (κ1) is 28.1. The number of ether oxygens (including phenoxy) is 2. The van der Waals surface area contributed by atoms with Gasteiger partial charge in [-0.25, -0.2) is 9.97 Å². The highest BCUT2D eigenvalue weighted by atomic mass is 32.2. The molecule has 1 N–H and O–H groups in total. The van der Waals surface area contributed by atoms with Crippen LogP contribution in [-0.2, 0) is 4.79 Å². The van der Waals surface area contributed by atoms with E-state index in [1.807, 2.05) is 86.6 Å². The van der Waals surface area contributed by atoms with Crippen LogP contribution < -0.4 is 14.8 Å². The number of nitrogens with zero attached hydrogens (tertiary/aromatic N) is 3. The molecule has 0 saturated heterocycles. The molecule has 5 aromatic rings. The molecule has 0 aliphatic carbocycles. The van der Waals surface area contributed by atoms with E-state index >= 15 is 0 Å². The van der Waals surface area contributed by atoms with Gasteiger partial charge >= 0.3 is 0 Å². The second-order valence-electron chi connectivity index (χ2n) is 9.27. The monoisotopic (exact) mass is 580 g/mol. The van der Waals surface area contributed by atoms with Gasteiger partial charge in [0.05, 0.1) is 40.4 Å². The molecular weight excluding hydrogens is 553 g/mol. The number of carbonyl (C=O) groups is 1. The standard InChI is InChI=1S/C32H28N4O3S2/c1-5-39-24-14-15-27-29(16-24)41-32(35-27)36-30(37)20(3)40-31-26(18-33)25(21-8-6-19(2)7-9-21)17-28(34-31)22-10-12-23(38-4)13-11-22/h6-17,20H,5H2,1-4H3,(H,35,36,37). The van der Waals surface area contributed by atoms with Crippen molar-refractivity contribution in [1.29, 1.82) is 5.26 Å². The van der Waals surface area contributed by atoms with E-state index in [4.69, 9.17) is 14.5 Å². The smallest absolute Gasteiger partial charge is 0.239 e. The van der Waals surface area contributed by atoms with E-state index in [1.54, 1.807) is 14.0 Å². The van der Waals surface area contributed by atoms with Crippen molar-refractivity contribution in [2.75, 3.05) is 19.0 Å². The number of carbonyl (C=O) groups excluding carboxylic acids is 1. The Morgan fingerprint density at radius 2 is 1.73 bits per heavy atom. The molecule has 1 atom stereocenters. The Bertz CT molecular complexity index is 1740. The summed E-state index contributed by atoms with van der Waals surface area (Å²) in [5, 5.41) is 13.6. The number of nitrogens with one attached hydrogen (secondary N) is 1. The van der Waals surface area contributed by atoms with Gasteiger partial charge in [-0.1, -0.05) is 52.9 Å². The molecule has 0 radical (unpaired) electrons. The third-order valence-electron chi connectivity index (χ3n) is 6.41. The Hall–Kier alpha value is -4.39. The van der Waals surface area contributed by atoms with Gasteiger partial charge in [0, 0.05) is 11.1 Å². The quantitative estimate of drug-likeness (QED) is 0.178. The zero-order chi connectivity index (χ0) is 28.9. The van der Waals surface area contributed by atoms with E-state index in [1.165, 1.54) is 23.1 Å². The highest BCUT2D eigenvalue weighted by molar-refractivity contribution is 8.00. The number of thiazole rings is 1. The summed E-state index contributed by atoms with van der Waals surface area (Å²) in [5.41, 5.74) is 5.60. The number of benzene rings is 3. The zero-order valence-electron chi connectivity index (χ0n) is 23.1. The number of nitriles is 1. The Morgan fingerprint density at radius 3 is 2.41 bits per heavy atom. The number of aryl methyl sites for hydroxylation is 1. The molecular formula is C32H28N4O3S2. The Morgan fingerprint density at radius 1 is 1.02 bits per heavy atom. The Balaban J connectivity index is 1.46. The van der Waals surface area contributed by atoms with Gasteiger partial charge in [-0.15, -0.1) is 0 Å². The molecule has 0 aliphatic heterocycles. The molecule has 1 amide bonds. The number of thioether (sulfide) groups is 1. The zero-order valence-corrected chi connectivity index (χ0v) is 24.7. The number of aromatic nitrogens is 2. The first-order valence-electron chi connectivity index (χ1n) is 13.1. The largest absolute Gasteiger partial charge is 0.497 e. The van der Waals surface area contributed by atoms with Crippen LogP contribution in [0.2, 0.25) is 0 Å². The van der Waals surface area contributed by atoms with E-state index in [0.717, 1.165) is 44.0 Å². The summed E-state index contributed by atoms with van der Waals surface area (Å²) in [6.45, 7) is 6.33. The number of anilines is 1. The average Bonchev–Trinajstić information content (AvgIpc) is 3.39. The van der Waals surface area contributed by atoms with Crippen LogP contribution in [0.3, 0.4) is 0 Å². The highest BCUT2D eigenvalue weighted by Crippen LogP contribution is 2.37. The highest BCUT2D eigenvalue weighted by Gasteiger charge is 2.22. The molecule has 0 aliphatic rings. The van der Waals surface area contributed by atoms with Crippen LogP contribution >= 0.6 is 23.1 Å². The summed E-state index contributed by atoms with van der Waals surface area (Å²) in [5.74, 6) is 1.28. The Labute approximate surface area is 247 Å². The molecule has 1 unspecified atom stereocenters. The van der Waals surface area contributed by atoms with Gasteiger partial charge in [0.15, 0.2) is 5.13 Å². The number of methoxy groups -OCH3 is 1. The minimum Gasteiger partial charge on any atom is -0.497 e. The first-order valence-corrected chi connectivity index (χ1v) is 14.8. The van der Waals surface area contributed by atoms with E-state index in [9.17, 15) is 10.1 Å². The summed E-state index contributed by atoms with van der Waals surface area (Å²) in [6, 6.07) is 25.6. The molecule has 2 aromatic heterocycles. The molecule has 9 heteroatoms. The van der Waals surface area contributed by atoms with Crippen molar-refractivity contribution >= 4 is 44.4 Å². The van der Waals surface area contributed by atoms with Crippen molar-refractivity contribution in [3.8, 4) is 40.0 Å². The maximum absolute atomic E-state index is 13.3. The number of fused-ring (bicyclic) bond motifs is 1. The van der Waals surface area contributed by atoms with Crippen LogP contribution in [0.4, 0.5) is 5.13 Å². The summed E-state index contributed by atoms with van der Waals surface area (Å²) in [4.78, 5) is 22.7. The lowest BCUT2D eigenvalue weighted by molar-refractivity contribution is -0.115. The second-order valence-corrected chi connectivity index (χ2v) is 11.6. The average molecular weight is 581 g/mol. The van der Waals surface area contributed by atoms with Crippen LogP contribution in [0.15, 0.2) is 77.8 Å². The summed E-state index contributed by atoms with van der Waals surface area (Å²) in [7, 11) is 1.62. The molecule has 0 bridgehead atoms. The lowest BCUT2D eigenvalue weighted by atomic mass is 9.98. The van der Waals surface area contributed by atoms with Crippen molar-refractivity contribution in [3.05, 3.63) is 83.9 Å². The molecule has 2 heterocycles. The Kier molecular flexibility index (Phi) is 8.53. The van der Waals surface area contributed by atoms with Crippen LogP contribution in [0.1, 0.15) is 25.0 Å². The van der Waals surface area contributed by atoms with Gasteiger partial charge in [-0.3, -0.25) is 4.79 Å². The molecule has 5 rings (SSSR count).